The average molecular weight is 486 g/mol. The van der Waals surface area contributed by atoms with Crippen LogP contribution >= 0.6 is 23.2 Å². The van der Waals surface area contributed by atoms with Crippen molar-refractivity contribution in [3.63, 3.8) is 0 Å². The summed E-state index contributed by atoms with van der Waals surface area (Å²) in [6.07, 6.45) is 0.984. The summed E-state index contributed by atoms with van der Waals surface area (Å²) in [5.41, 5.74) is 4.26. The summed E-state index contributed by atoms with van der Waals surface area (Å²) in [4.78, 5) is 24.2. The lowest BCUT2D eigenvalue weighted by Gasteiger charge is -2.10. The van der Waals surface area contributed by atoms with Crippen molar-refractivity contribution in [2.75, 3.05) is 12.4 Å². The zero-order valence-electron chi connectivity index (χ0n) is 17.7. The van der Waals surface area contributed by atoms with E-state index in [-0.39, 0.29) is 0 Å². The van der Waals surface area contributed by atoms with Crippen LogP contribution in [0, 0.1) is 0 Å². The molecule has 0 saturated carbocycles. The first-order valence-electron chi connectivity index (χ1n) is 9.86. The first kappa shape index (κ1) is 24.1. The number of halogens is 2. The summed E-state index contributed by atoms with van der Waals surface area (Å²) in [5.74, 6) is -0.0654. The molecule has 0 bridgehead atoms. The molecule has 0 aliphatic carbocycles. The van der Waals surface area contributed by atoms with Gasteiger partial charge in [-0.15, -0.1) is 0 Å². The molecule has 0 saturated heterocycles. The van der Waals surface area contributed by atoms with E-state index in [1.54, 1.807) is 48.5 Å². The van der Waals surface area contributed by atoms with Crippen LogP contribution in [0.2, 0.25) is 10.0 Å². The van der Waals surface area contributed by atoms with Gasteiger partial charge in [-0.1, -0.05) is 47.5 Å². The number of carbonyl (C=O) groups excluding carboxylic acids is 2. The van der Waals surface area contributed by atoms with Gasteiger partial charge in [0, 0.05) is 15.6 Å². The number of hydrazone groups is 1. The summed E-state index contributed by atoms with van der Waals surface area (Å²) < 4.78 is 11.0. The van der Waals surface area contributed by atoms with Crippen LogP contribution in [0.4, 0.5) is 5.69 Å². The van der Waals surface area contributed by atoms with Crippen LogP contribution in [0.1, 0.15) is 17.5 Å². The van der Waals surface area contributed by atoms with E-state index in [4.69, 9.17) is 32.7 Å². The number of ether oxygens (including phenoxy) is 2. The Morgan fingerprint density at radius 1 is 0.939 bits per heavy atom. The van der Waals surface area contributed by atoms with E-state index in [0.717, 1.165) is 5.56 Å². The van der Waals surface area contributed by atoms with Crippen molar-refractivity contribution < 1.29 is 19.1 Å². The molecule has 3 aromatic rings. The lowest BCUT2D eigenvalue weighted by molar-refractivity contribution is -0.126. The Balaban J connectivity index is 1.57. The zero-order valence-corrected chi connectivity index (χ0v) is 19.2. The maximum absolute atomic E-state index is 12.1. The van der Waals surface area contributed by atoms with Crippen LogP contribution in [-0.2, 0) is 16.2 Å². The molecule has 3 rings (SSSR count). The van der Waals surface area contributed by atoms with Crippen molar-refractivity contribution in [2.24, 2.45) is 5.10 Å². The lowest BCUT2D eigenvalue weighted by atomic mass is 10.2. The topological polar surface area (TPSA) is 89.0 Å². The van der Waals surface area contributed by atoms with Gasteiger partial charge in [-0.3, -0.25) is 9.59 Å². The van der Waals surface area contributed by atoms with Crippen molar-refractivity contribution >= 4 is 46.9 Å². The quantitative estimate of drug-likeness (QED) is 0.251. The molecule has 3 aromatic carbocycles. The van der Waals surface area contributed by atoms with Crippen molar-refractivity contribution in [1.29, 1.82) is 0 Å². The van der Waals surface area contributed by atoms with E-state index in [1.807, 2.05) is 18.2 Å². The third-order valence-corrected chi connectivity index (χ3v) is 4.82. The number of amides is 2. The van der Waals surface area contributed by atoms with Crippen LogP contribution in [-0.4, -0.2) is 25.1 Å². The van der Waals surface area contributed by atoms with Gasteiger partial charge in [0.05, 0.1) is 19.0 Å². The Bertz CT molecular complexity index is 1170. The Morgan fingerprint density at radius 2 is 1.73 bits per heavy atom. The molecule has 0 heterocycles. The zero-order chi connectivity index (χ0) is 23.6. The molecule has 7 nitrogen and oxygen atoms in total. The van der Waals surface area contributed by atoms with Gasteiger partial charge >= 0.3 is 0 Å². The maximum Gasteiger partial charge on any atom is 0.249 e. The molecule has 2 N–H and O–H groups in total. The standard InChI is InChI=1S/C24H21Cl2N3O4/c1-32-22-8-3-2-7-20(22)28-23(30)13-24(31)29-27-14-17-12-19(26)9-10-21(17)33-15-16-5-4-6-18(25)11-16/h2-12,14H,13,15H2,1H3,(H,28,30)(H,29,31). The highest BCUT2D eigenvalue weighted by Gasteiger charge is 2.11. The molecule has 0 aliphatic heterocycles. The number of benzene rings is 3. The number of nitrogens with one attached hydrogen (secondary N) is 2. The summed E-state index contributed by atoms with van der Waals surface area (Å²) in [6.45, 7) is 0.290. The molecule has 0 radical (unpaired) electrons. The van der Waals surface area contributed by atoms with Crippen LogP contribution in [0.25, 0.3) is 0 Å². The van der Waals surface area contributed by atoms with Gasteiger partial charge in [-0.25, -0.2) is 5.43 Å². The van der Waals surface area contributed by atoms with E-state index in [0.29, 0.717) is 39.4 Å². The van der Waals surface area contributed by atoms with E-state index >= 15 is 0 Å². The maximum atomic E-state index is 12.1. The van der Waals surface area contributed by atoms with Gasteiger partial charge in [0.15, 0.2) is 0 Å². The Morgan fingerprint density at radius 3 is 2.52 bits per heavy atom. The fourth-order valence-corrected chi connectivity index (χ4v) is 3.23. The number of anilines is 1. The predicted octanol–water partition coefficient (Wildman–Crippen LogP) is 5.06. The van der Waals surface area contributed by atoms with E-state index < -0.39 is 18.2 Å². The number of methoxy groups -OCH3 is 1. The van der Waals surface area contributed by atoms with Crippen LogP contribution in [0.15, 0.2) is 71.8 Å². The smallest absolute Gasteiger partial charge is 0.249 e. The molecular formula is C24H21Cl2N3O4. The Kier molecular flexibility index (Phi) is 8.69. The van der Waals surface area contributed by atoms with Gasteiger partial charge in [-0.05, 0) is 48.0 Å². The van der Waals surface area contributed by atoms with Crippen molar-refractivity contribution in [3.05, 3.63) is 87.9 Å². The summed E-state index contributed by atoms with van der Waals surface area (Å²) in [5, 5.41) is 7.64. The highest BCUT2D eigenvalue weighted by atomic mass is 35.5. The number of hydrogen-bond acceptors (Lipinski definition) is 5. The largest absolute Gasteiger partial charge is 0.495 e. The van der Waals surface area contributed by atoms with Gasteiger partial charge in [0.2, 0.25) is 11.8 Å². The number of rotatable bonds is 9. The number of hydrogen-bond donors (Lipinski definition) is 2. The minimum Gasteiger partial charge on any atom is -0.495 e. The van der Waals surface area contributed by atoms with E-state index in [2.05, 4.69) is 15.8 Å². The third kappa shape index (κ3) is 7.52. The van der Waals surface area contributed by atoms with Gasteiger partial charge in [-0.2, -0.15) is 5.10 Å². The van der Waals surface area contributed by atoms with Crippen LogP contribution in [0.3, 0.4) is 0 Å². The van der Waals surface area contributed by atoms with Crippen LogP contribution < -0.4 is 20.2 Å². The molecule has 0 spiro atoms. The molecule has 0 aliphatic rings. The second-order valence-corrected chi connectivity index (χ2v) is 7.69. The molecule has 0 unspecified atom stereocenters. The van der Waals surface area contributed by atoms with Gasteiger partial charge < -0.3 is 14.8 Å². The van der Waals surface area contributed by atoms with Gasteiger partial charge in [0.25, 0.3) is 0 Å². The highest BCUT2D eigenvalue weighted by Crippen LogP contribution is 2.24. The minimum atomic E-state index is -0.581. The van der Waals surface area contributed by atoms with Crippen molar-refractivity contribution in [1.82, 2.24) is 5.43 Å². The monoisotopic (exact) mass is 485 g/mol. The highest BCUT2D eigenvalue weighted by molar-refractivity contribution is 6.31. The molecule has 9 heteroatoms. The summed E-state index contributed by atoms with van der Waals surface area (Å²) in [7, 11) is 1.50. The van der Waals surface area contributed by atoms with E-state index in [1.165, 1.54) is 13.3 Å². The number of para-hydroxylation sites is 2. The summed E-state index contributed by atoms with van der Waals surface area (Å²) in [6, 6.07) is 19.3. The molecule has 0 atom stereocenters. The second kappa shape index (κ2) is 11.9. The lowest BCUT2D eigenvalue weighted by Crippen LogP contribution is -2.24. The molecule has 0 aromatic heterocycles. The van der Waals surface area contributed by atoms with Crippen molar-refractivity contribution in [2.45, 2.75) is 13.0 Å². The number of nitrogens with zero attached hydrogens (tertiary/aromatic N) is 1. The second-order valence-electron chi connectivity index (χ2n) is 6.82. The molecule has 170 valence electrons. The third-order valence-electron chi connectivity index (χ3n) is 4.35. The average Bonchev–Trinajstić information content (AvgIpc) is 2.79. The summed E-state index contributed by atoms with van der Waals surface area (Å²) >= 11 is 12.1. The Labute approximate surface area is 201 Å². The molecular weight excluding hydrogens is 465 g/mol. The number of carbonyl (C=O) groups is 2. The molecule has 0 fully saturated rings. The first-order chi connectivity index (χ1) is 15.9. The van der Waals surface area contributed by atoms with Crippen molar-refractivity contribution in [3.8, 4) is 11.5 Å². The fraction of sp³-hybridized carbons (Fsp3) is 0.125. The molecule has 33 heavy (non-hydrogen) atoms. The Hall–Kier alpha value is -3.55. The van der Waals surface area contributed by atoms with Gasteiger partial charge in [0.1, 0.15) is 24.5 Å². The van der Waals surface area contributed by atoms with Crippen LogP contribution in [0.5, 0.6) is 11.5 Å². The van der Waals surface area contributed by atoms with E-state index in [9.17, 15) is 9.59 Å². The SMILES string of the molecule is COc1ccccc1NC(=O)CC(=O)NN=Cc1cc(Cl)ccc1OCc1cccc(Cl)c1. The predicted molar refractivity (Wildman–Crippen MR) is 129 cm³/mol. The fourth-order valence-electron chi connectivity index (χ4n) is 2.84. The first-order valence-corrected chi connectivity index (χ1v) is 10.6. The normalized spacial score (nSPS) is 10.6. The molecule has 2 amide bonds. The minimum absolute atomic E-state index is 0.290.